The van der Waals surface area contributed by atoms with E-state index in [9.17, 15) is 34.6 Å². The highest BCUT2D eigenvalue weighted by Crippen LogP contribution is 2.32. The van der Waals surface area contributed by atoms with Crippen LogP contribution in [0.25, 0.3) is 0 Å². The topological polar surface area (TPSA) is 131 Å². The standard InChI is InChI=1S/C25H22ClF3N4O5S2/c26-20-10-6-18(7-11-20)23-22(17-4-2-1-3-5-17)16-32(31-23)24(30)33(14-15-39(34,35)36)40(37,38)21-12-8-19(9-13-21)25(27,28)29/h1-13,22,30H,14-16H2,(H,34,35,36). The highest BCUT2D eigenvalue weighted by atomic mass is 35.5. The van der Waals surface area contributed by atoms with Crippen molar-refractivity contribution in [3.05, 3.63) is 101 Å². The lowest BCUT2D eigenvalue weighted by Crippen LogP contribution is -2.46. The number of hydrogen-bond donors (Lipinski definition) is 2. The second kappa shape index (κ2) is 11.2. The van der Waals surface area contributed by atoms with Crippen molar-refractivity contribution < 1.29 is 34.6 Å². The highest BCUT2D eigenvalue weighted by molar-refractivity contribution is 7.89. The van der Waals surface area contributed by atoms with Crippen LogP contribution in [-0.4, -0.2) is 61.2 Å². The molecule has 15 heteroatoms. The molecule has 1 aliphatic rings. The summed E-state index contributed by atoms with van der Waals surface area (Å²) in [6, 6.07) is 18.3. The summed E-state index contributed by atoms with van der Waals surface area (Å²) in [4.78, 5) is -0.610. The fourth-order valence-electron chi connectivity index (χ4n) is 4.07. The Labute approximate surface area is 233 Å². The average Bonchev–Trinajstić information content (AvgIpc) is 3.34. The smallest absolute Gasteiger partial charge is 0.285 e. The van der Waals surface area contributed by atoms with Crippen molar-refractivity contribution in [2.75, 3.05) is 18.8 Å². The molecule has 3 aromatic rings. The summed E-state index contributed by atoms with van der Waals surface area (Å²) in [6.07, 6.45) is -4.71. The number of hydrogen-bond acceptors (Lipinski definition) is 6. The molecule has 3 aromatic carbocycles. The quantitative estimate of drug-likeness (QED) is 0.226. The van der Waals surface area contributed by atoms with Crippen molar-refractivity contribution >= 4 is 43.4 Å². The van der Waals surface area contributed by atoms with Gasteiger partial charge in [0.05, 0.1) is 35.0 Å². The SMILES string of the molecule is N=C(N1CC(c2ccccc2)C(c2ccc(Cl)cc2)=N1)N(CCS(=O)(=O)O)S(=O)(=O)c1ccc(C(F)(F)F)cc1. The van der Waals surface area contributed by atoms with E-state index in [0.717, 1.165) is 10.6 Å². The Hall–Kier alpha value is -3.46. The molecule has 0 saturated heterocycles. The second-order valence-electron chi connectivity index (χ2n) is 8.75. The maximum absolute atomic E-state index is 13.5. The maximum atomic E-state index is 13.5. The van der Waals surface area contributed by atoms with E-state index in [1.165, 1.54) is 0 Å². The molecule has 1 aliphatic heterocycles. The summed E-state index contributed by atoms with van der Waals surface area (Å²) in [6.45, 7) is -0.898. The fourth-order valence-corrected chi connectivity index (χ4v) is 6.11. The minimum absolute atomic E-state index is 0.00822. The number of guanidine groups is 1. The molecular formula is C25H22ClF3N4O5S2. The Kier molecular flexibility index (Phi) is 8.26. The Morgan fingerprint density at radius 3 is 2.15 bits per heavy atom. The zero-order valence-electron chi connectivity index (χ0n) is 20.5. The molecule has 212 valence electrons. The first-order chi connectivity index (χ1) is 18.7. The van der Waals surface area contributed by atoms with E-state index in [1.807, 2.05) is 18.2 Å². The zero-order valence-corrected chi connectivity index (χ0v) is 22.8. The van der Waals surface area contributed by atoms with Crippen molar-refractivity contribution in [2.45, 2.75) is 17.0 Å². The van der Waals surface area contributed by atoms with Crippen molar-refractivity contribution in [3.8, 4) is 0 Å². The van der Waals surface area contributed by atoms with Crippen LogP contribution >= 0.6 is 11.6 Å². The number of benzene rings is 3. The third-order valence-electron chi connectivity index (χ3n) is 6.06. The number of hydrazone groups is 1. The van der Waals surface area contributed by atoms with Gasteiger partial charge in [-0.05, 0) is 47.5 Å². The van der Waals surface area contributed by atoms with E-state index in [0.29, 0.717) is 44.9 Å². The van der Waals surface area contributed by atoms with Crippen LogP contribution in [0, 0.1) is 5.41 Å². The van der Waals surface area contributed by atoms with Crippen LogP contribution in [0.3, 0.4) is 0 Å². The van der Waals surface area contributed by atoms with Gasteiger partial charge in [0, 0.05) is 10.9 Å². The Morgan fingerprint density at radius 2 is 1.60 bits per heavy atom. The van der Waals surface area contributed by atoms with Gasteiger partial charge in [-0.15, -0.1) is 0 Å². The van der Waals surface area contributed by atoms with Gasteiger partial charge < -0.3 is 0 Å². The molecular weight excluding hydrogens is 593 g/mol. The van der Waals surface area contributed by atoms with Gasteiger partial charge in [0.2, 0.25) is 5.96 Å². The Morgan fingerprint density at radius 1 is 1.00 bits per heavy atom. The van der Waals surface area contributed by atoms with Gasteiger partial charge in [0.1, 0.15) is 0 Å². The van der Waals surface area contributed by atoms with Gasteiger partial charge >= 0.3 is 6.18 Å². The van der Waals surface area contributed by atoms with E-state index in [4.69, 9.17) is 17.0 Å². The van der Waals surface area contributed by atoms with Crippen LogP contribution in [0.15, 0.2) is 88.9 Å². The molecule has 0 aliphatic carbocycles. The molecule has 9 nitrogen and oxygen atoms in total. The minimum Gasteiger partial charge on any atom is -0.285 e. The summed E-state index contributed by atoms with van der Waals surface area (Å²) >= 11 is 6.02. The van der Waals surface area contributed by atoms with Gasteiger partial charge in [-0.25, -0.2) is 17.7 Å². The number of rotatable bonds is 7. The molecule has 1 heterocycles. The van der Waals surface area contributed by atoms with E-state index in [1.54, 1.807) is 36.4 Å². The Bertz CT molecular complexity index is 1630. The molecule has 0 spiro atoms. The minimum atomic E-state index is -4.75. The first kappa shape index (κ1) is 29.5. The first-order valence-corrected chi connectivity index (χ1v) is 15.0. The molecule has 0 radical (unpaired) electrons. The van der Waals surface area contributed by atoms with Crippen molar-refractivity contribution in [2.24, 2.45) is 5.10 Å². The van der Waals surface area contributed by atoms with Crippen LogP contribution in [0.4, 0.5) is 13.2 Å². The van der Waals surface area contributed by atoms with E-state index in [-0.39, 0.29) is 6.54 Å². The van der Waals surface area contributed by atoms with E-state index < -0.39 is 61.0 Å². The highest BCUT2D eigenvalue weighted by Gasteiger charge is 2.37. The van der Waals surface area contributed by atoms with Gasteiger partial charge in [0.25, 0.3) is 20.1 Å². The van der Waals surface area contributed by atoms with Crippen molar-refractivity contribution in [1.29, 1.82) is 5.41 Å². The molecule has 0 fully saturated rings. The molecule has 1 atom stereocenters. The summed E-state index contributed by atoms with van der Waals surface area (Å²) < 4.78 is 98.7. The number of alkyl halides is 3. The predicted molar refractivity (Wildman–Crippen MR) is 143 cm³/mol. The summed E-state index contributed by atoms with van der Waals surface area (Å²) in [5.74, 6) is -2.26. The van der Waals surface area contributed by atoms with Gasteiger partial charge in [-0.2, -0.15) is 26.7 Å². The predicted octanol–water partition coefficient (Wildman–Crippen LogP) is 4.68. The monoisotopic (exact) mass is 614 g/mol. The largest absolute Gasteiger partial charge is 0.416 e. The molecule has 0 saturated carbocycles. The molecule has 1 unspecified atom stereocenters. The Balaban J connectivity index is 1.74. The summed E-state index contributed by atoms with van der Waals surface area (Å²) in [5, 5.41) is 14.7. The van der Waals surface area contributed by atoms with Crippen molar-refractivity contribution in [3.63, 3.8) is 0 Å². The fraction of sp³-hybridized carbons (Fsp3) is 0.200. The molecule has 0 bridgehead atoms. The molecule has 40 heavy (non-hydrogen) atoms. The lowest BCUT2D eigenvalue weighted by atomic mass is 9.91. The van der Waals surface area contributed by atoms with E-state index in [2.05, 4.69) is 5.10 Å². The first-order valence-electron chi connectivity index (χ1n) is 11.6. The molecule has 2 N–H and O–H groups in total. The van der Waals surface area contributed by atoms with Crippen LogP contribution in [0.1, 0.15) is 22.6 Å². The summed E-state index contributed by atoms with van der Waals surface area (Å²) in [5.41, 5.74) is 0.841. The van der Waals surface area contributed by atoms with Crippen LogP contribution < -0.4 is 0 Å². The third-order valence-corrected chi connectivity index (χ3v) is 8.81. The lowest BCUT2D eigenvalue weighted by molar-refractivity contribution is -0.137. The van der Waals surface area contributed by atoms with E-state index >= 15 is 0 Å². The normalized spacial score (nSPS) is 16.1. The summed E-state index contributed by atoms with van der Waals surface area (Å²) in [7, 11) is -9.43. The molecule has 4 rings (SSSR count). The maximum Gasteiger partial charge on any atom is 0.416 e. The van der Waals surface area contributed by atoms with Gasteiger partial charge in [0.15, 0.2) is 0 Å². The van der Waals surface area contributed by atoms with Crippen LogP contribution in [-0.2, 0) is 26.3 Å². The van der Waals surface area contributed by atoms with Crippen LogP contribution in [0.5, 0.6) is 0 Å². The molecule has 0 amide bonds. The number of sulfonamides is 1. The second-order valence-corrected chi connectivity index (χ2v) is 12.6. The number of halogens is 4. The number of nitrogens with zero attached hydrogens (tertiary/aromatic N) is 3. The van der Waals surface area contributed by atoms with Gasteiger partial charge in [-0.1, -0.05) is 54.1 Å². The average molecular weight is 615 g/mol. The lowest BCUT2D eigenvalue weighted by Gasteiger charge is -2.28. The molecule has 0 aromatic heterocycles. The van der Waals surface area contributed by atoms with Crippen molar-refractivity contribution in [1.82, 2.24) is 9.31 Å². The van der Waals surface area contributed by atoms with Crippen LogP contribution in [0.2, 0.25) is 5.02 Å². The van der Waals surface area contributed by atoms with Gasteiger partial charge in [-0.3, -0.25) is 9.96 Å². The third kappa shape index (κ3) is 6.63. The number of nitrogens with one attached hydrogen (secondary N) is 1. The zero-order chi connectivity index (χ0) is 29.3.